The average molecular weight is 340 g/mol. The summed E-state index contributed by atoms with van der Waals surface area (Å²) in [6, 6.07) is 0. The Morgan fingerprint density at radius 3 is 2.50 bits per heavy atom. The molecular weight excluding hydrogens is 318 g/mol. The minimum atomic E-state index is 0.765. The molecule has 0 spiro atoms. The molecule has 0 atom stereocenters. The summed E-state index contributed by atoms with van der Waals surface area (Å²) < 4.78 is 1.76. The highest BCUT2D eigenvalue weighted by Crippen LogP contribution is 2.21. The zero-order valence-corrected chi connectivity index (χ0v) is 14.7. The number of halogens is 1. The molecule has 1 aliphatic heterocycles. The van der Waals surface area contributed by atoms with Crippen molar-refractivity contribution < 1.29 is 0 Å². The largest absolute Gasteiger partial charge is 0.298 e. The molecule has 0 unspecified atom stereocenters. The number of rotatable bonds is 4. The Balaban J connectivity index is 1.58. The molecule has 0 bridgehead atoms. The first-order valence-corrected chi connectivity index (χ1v) is 8.90. The lowest BCUT2D eigenvalue weighted by Gasteiger charge is -2.21. The van der Waals surface area contributed by atoms with E-state index in [1.807, 2.05) is 25.5 Å². The van der Waals surface area contributed by atoms with Crippen molar-refractivity contribution >= 4 is 22.9 Å². The third-order valence-corrected chi connectivity index (χ3v) is 5.41. The molecule has 3 heterocycles. The molecule has 2 aromatic heterocycles. The van der Waals surface area contributed by atoms with Gasteiger partial charge in [-0.05, 0) is 26.4 Å². The van der Waals surface area contributed by atoms with Crippen LogP contribution in [0.4, 0.5) is 0 Å². The van der Waals surface area contributed by atoms with E-state index in [0.29, 0.717) is 0 Å². The highest BCUT2D eigenvalue weighted by Gasteiger charge is 2.19. The topological polar surface area (TPSA) is 37.2 Å². The van der Waals surface area contributed by atoms with Gasteiger partial charge in [-0.3, -0.25) is 14.5 Å². The van der Waals surface area contributed by atoms with Gasteiger partial charge in [0.15, 0.2) is 0 Å². The Bertz CT molecular complexity index is 610. The van der Waals surface area contributed by atoms with Crippen LogP contribution in [0.1, 0.15) is 22.7 Å². The summed E-state index contributed by atoms with van der Waals surface area (Å²) in [6.07, 6.45) is 3.07. The Labute approximate surface area is 140 Å². The summed E-state index contributed by atoms with van der Waals surface area (Å²) in [6.45, 7) is 8.29. The van der Waals surface area contributed by atoms with Crippen molar-refractivity contribution in [2.24, 2.45) is 7.05 Å². The van der Waals surface area contributed by atoms with Crippen molar-refractivity contribution in [1.29, 1.82) is 0 Å². The molecule has 22 heavy (non-hydrogen) atoms. The van der Waals surface area contributed by atoms with E-state index in [1.165, 1.54) is 11.4 Å². The maximum absolute atomic E-state index is 6.35. The van der Waals surface area contributed by atoms with Crippen molar-refractivity contribution in [2.75, 3.05) is 26.2 Å². The van der Waals surface area contributed by atoms with Gasteiger partial charge in [-0.2, -0.15) is 5.10 Å². The van der Waals surface area contributed by atoms with E-state index in [-0.39, 0.29) is 0 Å². The van der Waals surface area contributed by atoms with E-state index in [2.05, 4.69) is 19.9 Å². The standard InChI is InChI=1S/C15H22ClN5S/c1-12-13(15(16)19(2)18-12)10-20-5-3-6-21(8-7-20)11-14-17-4-9-22-14/h4,9H,3,5-8,10-11H2,1-2H3. The van der Waals surface area contributed by atoms with Crippen LogP contribution in [-0.4, -0.2) is 50.7 Å². The van der Waals surface area contributed by atoms with Gasteiger partial charge in [-0.25, -0.2) is 4.98 Å². The van der Waals surface area contributed by atoms with Crippen LogP contribution in [0.2, 0.25) is 5.15 Å². The number of hydrogen-bond donors (Lipinski definition) is 0. The Kier molecular flexibility index (Phi) is 5.13. The first-order valence-electron chi connectivity index (χ1n) is 7.64. The summed E-state index contributed by atoms with van der Waals surface area (Å²) >= 11 is 8.09. The second-order valence-electron chi connectivity index (χ2n) is 5.81. The third kappa shape index (κ3) is 3.68. The Hall–Kier alpha value is -0.950. The molecule has 0 N–H and O–H groups in total. The molecule has 1 aliphatic rings. The van der Waals surface area contributed by atoms with Crippen LogP contribution in [-0.2, 0) is 20.1 Å². The molecular formula is C15H22ClN5S. The van der Waals surface area contributed by atoms with Crippen molar-refractivity contribution in [1.82, 2.24) is 24.6 Å². The van der Waals surface area contributed by atoms with Gasteiger partial charge in [-0.15, -0.1) is 11.3 Å². The number of hydrogen-bond acceptors (Lipinski definition) is 5. The average Bonchev–Trinajstić information content (AvgIpc) is 2.99. The molecule has 5 nitrogen and oxygen atoms in total. The highest BCUT2D eigenvalue weighted by molar-refractivity contribution is 7.09. The summed E-state index contributed by atoms with van der Waals surface area (Å²) in [5, 5.41) is 8.43. The predicted octanol–water partition coefficient (Wildman–Crippen LogP) is 2.55. The second-order valence-corrected chi connectivity index (χ2v) is 7.15. The van der Waals surface area contributed by atoms with Gasteiger partial charge in [0.1, 0.15) is 10.2 Å². The monoisotopic (exact) mass is 339 g/mol. The summed E-state index contributed by atoms with van der Waals surface area (Å²) in [4.78, 5) is 9.37. The minimum absolute atomic E-state index is 0.765. The normalized spacial score (nSPS) is 17.8. The predicted molar refractivity (Wildman–Crippen MR) is 90.2 cm³/mol. The van der Waals surface area contributed by atoms with Gasteiger partial charge < -0.3 is 0 Å². The van der Waals surface area contributed by atoms with E-state index in [4.69, 9.17) is 11.6 Å². The lowest BCUT2D eigenvalue weighted by molar-refractivity contribution is 0.247. The molecule has 120 valence electrons. The van der Waals surface area contributed by atoms with E-state index >= 15 is 0 Å². The summed E-state index contributed by atoms with van der Waals surface area (Å²) in [7, 11) is 1.90. The van der Waals surface area contributed by atoms with Gasteiger partial charge >= 0.3 is 0 Å². The zero-order chi connectivity index (χ0) is 15.5. The number of aryl methyl sites for hydroxylation is 2. The van der Waals surface area contributed by atoms with Crippen LogP contribution in [0, 0.1) is 6.92 Å². The van der Waals surface area contributed by atoms with Crippen molar-refractivity contribution in [3.05, 3.63) is 33.0 Å². The quantitative estimate of drug-likeness (QED) is 0.858. The second kappa shape index (κ2) is 7.08. The smallest absolute Gasteiger partial charge is 0.131 e. The Morgan fingerprint density at radius 1 is 1.18 bits per heavy atom. The van der Waals surface area contributed by atoms with E-state index in [1.54, 1.807) is 16.0 Å². The molecule has 2 aromatic rings. The number of aromatic nitrogens is 3. The van der Waals surface area contributed by atoms with Gasteiger partial charge in [0.2, 0.25) is 0 Å². The molecule has 0 saturated carbocycles. The van der Waals surface area contributed by atoms with Gasteiger partial charge in [0.25, 0.3) is 0 Å². The minimum Gasteiger partial charge on any atom is -0.298 e. The van der Waals surface area contributed by atoms with Crippen molar-refractivity contribution in [2.45, 2.75) is 26.4 Å². The summed E-state index contributed by atoms with van der Waals surface area (Å²) in [5.74, 6) is 0. The molecule has 1 fully saturated rings. The molecule has 1 saturated heterocycles. The molecule has 0 amide bonds. The zero-order valence-electron chi connectivity index (χ0n) is 13.1. The maximum Gasteiger partial charge on any atom is 0.131 e. The van der Waals surface area contributed by atoms with Crippen LogP contribution >= 0.6 is 22.9 Å². The van der Waals surface area contributed by atoms with E-state index in [9.17, 15) is 0 Å². The van der Waals surface area contributed by atoms with Crippen LogP contribution in [0.5, 0.6) is 0 Å². The fraction of sp³-hybridized carbons (Fsp3) is 0.600. The molecule has 7 heteroatoms. The maximum atomic E-state index is 6.35. The van der Waals surface area contributed by atoms with Crippen LogP contribution in [0.15, 0.2) is 11.6 Å². The lowest BCUT2D eigenvalue weighted by atomic mass is 10.2. The van der Waals surface area contributed by atoms with Crippen molar-refractivity contribution in [3.8, 4) is 0 Å². The van der Waals surface area contributed by atoms with Crippen LogP contribution in [0.25, 0.3) is 0 Å². The third-order valence-electron chi connectivity index (χ3n) is 4.18. The fourth-order valence-electron chi connectivity index (χ4n) is 2.94. The molecule has 0 aromatic carbocycles. The number of nitrogens with zero attached hydrogens (tertiary/aromatic N) is 5. The molecule has 0 aliphatic carbocycles. The number of thiazole rings is 1. The highest BCUT2D eigenvalue weighted by atomic mass is 35.5. The first kappa shape index (κ1) is 15.9. The summed E-state index contributed by atoms with van der Waals surface area (Å²) in [5.41, 5.74) is 2.20. The Morgan fingerprint density at radius 2 is 1.91 bits per heavy atom. The van der Waals surface area contributed by atoms with Gasteiger partial charge in [-0.1, -0.05) is 11.6 Å². The van der Waals surface area contributed by atoms with Crippen molar-refractivity contribution in [3.63, 3.8) is 0 Å². The van der Waals surface area contributed by atoms with Gasteiger partial charge in [0.05, 0.1) is 12.2 Å². The van der Waals surface area contributed by atoms with E-state index < -0.39 is 0 Å². The van der Waals surface area contributed by atoms with E-state index in [0.717, 1.165) is 55.7 Å². The molecule has 0 radical (unpaired) electrons. The van der Waals surface area contributed by atoms with Gasteiger partial charge in [0, 0.05) is 43.8 Å². The van der Waals surface area contributed by atoms with Crippen LogP contribution in [0.3, 0.4) is 0 Å². The van der Waals surface area contributed by atoms with Crippen LogP contribution < -0.4 is 0 Å². The SMILES string of the molecule is Cc1nn(C)c(Cl)c1CN1CCCN(Cc2nccs2)CC1. The first-order chi connectivity index (χ1) is 10.6. The fourth-order valence-corrected chi connectivity index (χ4v) is 3.83. The molecule has 3 rings (SSSR count). The lowest BCUT2D eigenvalue weighted by Crippen LogP contribution is -2.30.